The number of nitrogens with zero attached hydrogens (tertiary/aromatic N) is 4. The average Bonchev–Trinajstić information content (AvgIpc) is 2.62. The van der Waals surface area contributed by atoms with Gasteiger partial charge in [-0.3, -0.25) is 0 Å². The summed E-state index contributed by atoms with van der Waals surface area (Å²) < 4.78 is 78.9. The highest BCUT2D eigenvalue weighted by Gasteiger charge is 2.35. The molecule has 0 N–H and O–H groups in total. The molecule has 2 aromatic rings. The van der Waals surface area contributed by atoms with Crippen LogP contribution in [-0.2, 0) is 22.0 Å². The first-order chi connectivity index (χ1) is 13.1. The number of piperazine rings is 1. The van der Waals surface area contributed by atoms with Crippen molar-refractivity contribution in [2.24, 2.45) is 0 Å². The number of rotatable bonds is 4. The highest BCUT2D eigenvalue weighted by molar-refractivity contribution is 7.88. The molecule has 1 aliphatic heterocycles. The number of anilines is 1. The lowest BCUT2D eigenvalue weighted by atomic mass is 10.2. The zero-order valence-electron chi connectivity index (χ0n) is 14.9. The van der Waals surface area contributed by atoms with Crippen LogP contribution in [0.15, 0.2) is 30.3 Å². The SMILES string of the molecule is Cc1nc(N2CCN(S(=O)(=O)Cc3ccccc3F)CC2)cc(C(F)(F)F)n1. The topological polar surface area (TPSA) is 66.4 Å². The van der Waals surface area contributed by atoms with Gasteiger partial charge in [-0.15, -0.1) is 0 Å². The fourth-order valence-corrected chi connectivity index (χ4v) is 4.49. The number of aryl methyl sites for hydroxylation is 1. The maximum Gasteiger partial charge on any atom is 0.433 e. The Labute approximate surface area is 159 Å². The van der Waals surface area contributed by atoms with Crippen molar-refractivity contribution in [2.75, 3.05) is 31.1 Å². The molecule has 0 amide bonds. The molecule has 11 heteroatoms. The van der Waals surface area contributed by atoms with Gasteiger partial charge in [-0.25, -0.2) is 22.8 Å². The van der Waals surface area contributed by atoms with Crippen molar-refractivity contribution < 1.29 is 26.0 Å². The predicted octanol–water partition coefficient (Wildman–Crippen LogP) is 2.59. The van der Waals surface area contributed by atoms with Crippen molar-refractivity contribution >= 4 is 15.8 Å². The highest BCUT2D eigenvalue weighted by Crippen LogP contribution is 2.30. The van der Waals surface area contributed by atoms with E-state index in [1.807, 2.05) is 0 Å². The smallest absolute Gasteiger partial charge is 0.354 e. The molecular formula is C17H18F4N4O2S. The Morgan fingerprint density at radius 2 is 1.71 bits per heavy atom. The Hall–Kier alpha value is -2.27. The van der Waals surface area contributed by atoms with Crippen LogP contribution in [0.5, 0.6) is 0 Å². The van der Waals surface area contributed by atoms with Gasteiger partial charge in [0.1, 0.15) is 23.2 Å². The zero-order chi connectivity index (χ0) is 20.5. The number of halogens is 4. The first-order valence-electron chi connectivity index (χ1n) is 8.45. The van der Waals surface area contributed by atoms with Crippen LogP contribution >= 0.6 is 0 Å². The van der Waals surface area contributed by atoms with E-state index in [1.165, 1.54) is 29.4 Å². The average molecular weight is 418 g/mol. The molecule has 0 atom stereocenters. The molecule has 152 valence electrons. The normalized spacial score (nSPS) is 16.4. The number of sulfonamides is 1. The summed E-state index contributed by atoms with van der Waals surface area (Å²) in [4.78, 5) is 9.02. The van der Waals surface area contributed by atoms with Gasteiger partial charge in [0.25, 0.3) is 0 Å². The fourth-order valence-electron chi connectivity index (χ4n) is 2.96. The zero-order valence-corrected chi connectivity index (χ0v) is 15.8. The monoisotopic (exact) mass is 418 g/mol. The van der Waals surface area contributed by atoms with Gasteiger partial charge in [-0.2, -0.15) is 17.5 Å². The van der Waals surface area contributed by atoms with Crippen LogP contribution in [0.25, 0.3) is 0 Å². The van der Waals surface area contributed by atoms with E-state index in [4.69, 9.17) is 0 Å². The van der Waals surface area contributed by atoms with Crippen LogP contribution in [0.2, 0.25) is 0 Å². The van der Waals surface area contributed by atoms with Gasteiger partial charge in [0.15, 0.2) is 0 Å². The maximum absolute atomic E-state index is 13.7. The second kappa shape index (κ2) is 7.63. The van der Waals surface area contributed by atoms with Crippen LogP contribution in [0.4, 0.5) is 23.4 Å². The molecule has 6 nitrogen and oxygen atoms in total. The Morgan fingerprint density at radius 1 is 1.07 bits per heavy atom. The van der Waals surface area contributed by atoms with Gasteiger partial charge in [0.05, 0.1) is 5.75 Å². The second-order valence-corrected chi connectivity index (χ2v) is 8.36. The summed E-state index contributed by atoms with van der Waals surface area (Å²) in [5.41, 5.74) is -0.962. The van der Waals surface area contributed by atoms with Gasteiger partial charge in [0, 0.05) is 37.8 Å². The van der Waals surface area contributed by atoms with Crippen molar-refractivity contribution in [3.05, 3.63) is 53.2 Å². The number of aromatic nitrogens is 2. The van der Waals surface area contributed by atoms with E-state index in [2.05, 4.69) is 9.97 Å². The largest absolute Gasteiger partial charge is 0.433 e. The molecule has 0 spiro atoms. The summed E-state index contributed by atoms with van der Waals surface area (Å²) in [6, 6.07) is 6.49. The molecule has 1 saturated heterocycles. The minimum atomic E-state index is -4.59. The minimum Gasteiger partial charge on any atom is -0.354 e. The lowest BCUT2D eigenvalue weighted by Gasteiger charge is -2.35. The molecule has 0 unspecified atom stereocenters. The van der Waals surface area contributed by atoms with E-state index < -0.39 is 33.5 Å². The van der Waals surface area contributed by atoms with E-state index in [0.29, 0.717) is 0 Å². The third-order valence-electron chi connectivity index (χ3n) is 4.37. The van der Waals surface area contributed by atoms with Gasteiger partial charge in [-0.05, 0) is 13.0 Å². The van der Waals surface area contributed by atoms with Crippen molar-refractivity contribution in [3.63, 3.8) is 0 Å². The molecule has 3 rings (SSSR count). The maximum atomic E-state index is 13.7. The number of alkyl halides is 3. The quantitative estimate of drug-likeness (QED) is 0.715. The first kappa shape index (κ1) is 20.5. The van der Waals surface area contributed by atoms with E-state index in [0.717, 1.165) is 6.07 Å². The molecule has 28 heavy (non-hydrogen) atoms. The minimum absolute atomic E-state index is 0.0144. The highest BCUT2D eigenvalue weighted by atomic mass is 32.2. The summed E-state index contributed by atoms with van der Waals surface area (Å²) in [6.45, 7) is 1.85. The molecule has 0 aliphatic carbocycles. The first-order valence-corrected chi connectivity index (χ1v) is 10.1. The van der Waals surface area contributed by atoms with Crippen LogP contribution in [0, 0.1) is 12.7 Å². The molecule has 1 aromatic carbocycles. The summed E-state index contributed by atoms with van der Waals surface area (Å²) >= 11 is 0. The molecule has 0 saturated carbocycles. The summed E-state index contributed by atoms with van der Waals surface area (Å²) in [6.07, 6.45) is -4.59. The lowest BCUT2D eigenvalue weighted by Crippen LogP contribution is -2.49. The van der Waals surface area contributed by atoms with Gasteiger partial charge in [0.2, 0.25) is 10.0 Å². The van der Waals surface area contributed by atoms with Crippen LogP contribution in [0.1, 0.15) is 17.1 Å². The second-order valence-electron chi connectivity index (χ2n) is 6.39. The molecule has 1 aliphatic rings. The fraction of sp³-hybridized carbons (Fsp3) is 0.412. The Morgan fingerprint density at radius 3 is 2.32 bits per heavy atom. The molecule has 1 fully saturated rings. The van der Waals surface area contributed by atoms with Gasteiger partial charge in [-0.1, -0.05) is 18.2 Å². The van der Waals surface area contributed by atoms with E-state index >= 15 is 0 Å². The summed E-state index contributed by atoms with van der Waals surface area (Å²) in [5.74, 6) is -0.976. The molecular weight excluding hydrogens is 400 g/mol. The molecule has 0 radical (unpaired) electrons. The van der Waals surface area contributed by atoms with E-state index in [-0.39, 0.29) is 43.4 Å². The molecule has 2 heterocycles. The van der Waals surface area contributed by atoms with Crippen molar-refractivity contribution in [3.8, 4) is 0 Å². The third-order valence-corrected chi connectivity index (χ3v) is 6.19. The number of hydrogen-bond donors (Lipinski definition) is 0. The van der Waals surface area contributed by atoms with Crippen LogP contribution in [-0.4, -0.2) is 48.9 Å². The number of hydrogen-bond acceptors (Lipinski definition) is 5. The summed E-state index contributed by atoms with van der Waals surface area (Å²) in [5, 5.41) is 0. The molecule has 1 aromatic heterocycles. The van der Waals surface area contributed by atoms with Gasteiger partial charge >= 0.3 is 6.18 Å². The Balaban J connectivity index is 1.71. The molecule has 0 bridgehead atoms. The summed E-state index contributed by atoms with van der Waals surface area (Å²) in [7, 11) is -3.75. The van der Waals surface area contributed by atoms with Gasteiger partial charge < -0.3 is 4.90 Å². The Bertz CT molecular complexity index is 958. The van der Waals surface area contributed by atoms with Crippen LogP contribution < -0.4 is 4.90 Å². The van der Waals surface area contributed by atoms with Crippen molar-refractivity contribution in [1.82, 2.24) is 14.3 Å². The Kier molecular flexibility index (Phi) is 5.57. The lowest BCUT2D eigenvalue weighted by molar-refractivity contribution is -0.141. The van der Waals surface area contributed by atoms with E-state index in [9.17, 15) is 26.0 Å². The number of benzene rings is 1. The third kappa shape index (κ3) is 4.58. The van der Waals surface area contributed by atoms with Crippen molar-refractivity contribution in [2.45, 2.75) is 18.9 Å². The predicted molar refractivity (Wildman–Crippen MR) is 94.6 cm³/mol. The van der Waals surface area contributed by atoms with E-state index in [1.54, 1.807) is 11.0 Å². The van der Waals surface area contributed by atoms with Crippen molar-refractivity contribution in [1.29, 1.82) is 0 Å². The van der Waals surface area contributed by atoms with Crippen LogP contribution in [0.3, 0.4) is 0 Å². The standard InChI is InChI=1S/C17H18F4N4O2S/c1-12-22-15(17(19,20)21)10-16(23-12)24-6-8-25(9-7-24)28(26,27)11-13-4-2-3-5-14(13)18/h2-5,10H,6-9,11H2,1H3.